The van der Waals surface area contributed by atoms with Crippen LogP contribution in [-0.2, 0) is 4.79 Å². The van der Waals surface area contributed by atoms with Gasteiger partial charge in [-0.05, 0) is 45.7 Å². The van der Waals surface area contributed by atoms with Crippen LogP contribution in [0.15, 0.2) is 0 Å². The van der Waals surface area contributed by atoms with Gasteiger partial charge in [-0.2, -0.15) is 0 Å². The van der Waals surface area contributed by atoms with Crippen LogP contribution in [0.1, 0.15) is 52.9 Å². The maximum atomic E-state index is 12.8. The summed E-state index contributed by atoms with van der Waals surface area (Å²) in [5, 5.41) is 3.63. The number of hydrogen-bond acceptors (Lipinski definition) is 3. The second kappa shape index (κ2) is 6.02. The lowest BCUT2D eigenvalue weighted by Gasteiger charge is -2.35. The molecule has 1 amide bonds. The van der Waals surface area contributed by atoms with E-state index < -0.39 is 0 Å². The Morgan fingerprint density at radius 2 is 2.05 bits per heavy atom. The van der Waals surface area contributed by atoms with E-state index in [1.807, 2.05) is 0 Å². The second-order valence-corrected chi connectivity index (χ2v) is 7.29. The molecule has 20 heavy (non-hydrogen) atoms. The molecule has 2 fully saturated rings. The first-order valence-electron chi connectivity index (χ1n) is 8.15. The van der Waals surface area contributed by atoms with E-state index in [1.165, 1.54) is 0 Å². The normalized spacial score (nSPS) is 26.1. The molecule has 0 radical (unpaired) electrons. The van der Waals surface area contributed by atoms with Crippen LogP contribution < -0.4 is 5.32 Å². The average Bonchev–Trinajstić information content (AvgIpc) is 3.02. The van der Waals surface area contributed by atoms with Gasteiger partial charge in [-0.1, -0.05) is 27.2 Å². The molecule has 1 spiro atoms. The van der Waals surface area contributed by atoms with E-state index in [0.29, 0.717) is 17.9 Å². The van der Waals surface area contributed by atoms with E-state index in [1.54, 1.807) is 0 Å². The fourth-order valence-corrected chi connectivity index (χ4v) is 3.47. The molecule has 1 saturated heterocycles. The number of amides is 1. The molecule has 0 aromatic carbocycles. The van der Waals surface area contributed by atoms with Gasteiger partial charge in [0.2, 0.25) is 5.91 Å². The Bertz CT molecular complexity index is 340. The molecular weight excluding hydrogens is 250 g/mol. The number of rotatable bonds is 7. The summed E-state index contributed by atoms with van der Waals surface area (Å²) in [5.41, 5.74) is -0.179. The zero-order valence-corrected chi connectivity index (χ0v) is 13.8. The Labute approximate surface area is 123 Å². The van der Waals surface area contributed by atoms with Crippen LogP contribution in [0, 0.1) is 5.92 Å². The Hall–Kier alpha value is -0.610. The first-order chi connectivity index (χ1) is 9.39. The molecule has 2 aliphatic rings. The summed E-state index contributed by atoms with van der Waals surface area (Å²) in [6.07, 6.45) is 5.57. The molecule has 0 aromatic heterocycles. The van der Waals surface area contributed by atoms with Gasteiger partial charge in [0.1, 0.15) is 0 Å². The van der Waals surface area contributed by atoms with Gasteiger partial charge in [-0.25, -0.2) is 0 Å². The third-order valence-electron chi connectivity index (χ3n) is 4.45. The van der Waals surface area contributed by atoms with Crippen LogP contribution in [-0.4, -0.2) is 54.1 Å². The van der Waals surface area contributed by atoms with Crippen molar-refractivity contribution in [3.05, 3.63) is 0 Å². The van der Waals surface area contributed by atoms with Crippen molar-refractivity contribution in [1.82, 2.24) is 15.1 Å². The molecule has 2 unspecified atom stereocenters. The summed E-state index contributed by atoms with van der Waals surface area (Å²) >= 11 is 0. The zero-order chi connectivity index (χ0) is 14.9. The molecule has 116 valence electrons. The van der Waals surface area contributed by atoms with Gasteiger partial charge >= 0.3 is 0 Å². The van der Waals surface area contributed by atoms with Gasteiger partial charge in [0.25, 0.3) is 0 Å². The molecular formula is C16H31N3O. The van der Waals surface area contributed by atoms with Crippen LogP contribution in [0.2, 0.25) is 0 Å². The minimum absolute atomic E-state index is 0.179. The summed E-state index contributed by atoms with van der Waals surface area (Å²) in [4.78, 5) is 17.2. The summed E-state index contributed by atoms with van der Waals surface area (Å²) in [7, 11) is 4.20. The van der Waals surface area contributed by atoms with E-state index >= 15 is 0 Å². The minimum atomic E-state index is -0.179. The smallest absolute Gasteiger partial charge is 0.244 e. The van der Waals surface area contributed by atoms with E-state index in [2.05, 4.69) is 50.0 Å². The highest BCUT2D eigenvalue weighted by Crippen LogP contribution is 2.44. The van der Waals surface area contributed by atoms with Crippen LogP contribution in [0.3, 0.4) is 0 Å². The monoisotopic (exact) mass is 281 g/mol. The molecule has 0 bridgehead atoms. The third kappa shape index (κ3) is 3.17. The highest BCUT2D eigenvalue weighted by molar-refractivity contribution is 5.92. The number of carbonyl (C=O) groups is 1. The predicted molar refractivity (Wildman–Crippen MR) is 82.4 cm³/mol. The van der Waals surface area contributed by atoms with Crippen molar-refractivity contribution in [3.63, 3.8) is 0 Å². The molecule has 2 rings (SSSR count). The molecule has 0 aromatic rings. The molecule has 4 heteroatoms. The van der Waals surface area contributed by atoms with Crippen molar-refractivity contribution < 1.29 is 4.79 Å². The molecule has 1 aliphatic heterocycles. The first-order valence-corrected chi connectivity index (χ1v) is 8.15. The Morgan fingerprint density at radius 1 is 1.40 bits per heavy atom. The van der Waals surface area contributed by atoms with E-state index in [4.69, 9.17) is 0 Å². The van der Waals surface area contributed by atoms with Gasteiger partial charge in [0.05, 0.1) is 11.7 Å². The van der Waals surface area contributed by atoms with Gasteiger partial charge in [0.15, 0.2) is 0 Å². The lowest BCUT2D eigenvalue weighted by molar-refractivity contribution is -0.133. The maximum absolute atomic E-state index is 12.8. The molecule has 1 saturated carbocycles. The van der Waals surface area contributed by atoms with Crippen LogP contribution in [0.25, 0.3) is 0 Å². The van der Waals surface area contributed by atoms with Crippen molar-refractivity contribution in [2.75, 3.05) is 20.6 Å². The van der Waals surface area contributed by atoms with Crippen LogP contribution in [0.5, 0.6) is 0 Å². The lowest BCUT2D eigenvalue weighted by atomic mass is 10.0. The number of hydrogen-bond donors (Lipinski definition) is 1. The topological polar surface area (TPSA) is 35.6 Å². The Balaban J connectivity index is 2.16. The minimum Gasteiger partial charge on any atom is -0.321 e. The molecule has 4 nitrogen and oxygen atoms in total. The van der Waals surface area contributed by atoms with Crippen molar-refractivity contribution in [2.24, 2.45) is 5.92 Å². The number of nitrogens with zero attached hydrogens (tertiary/aromatic N) is 2. The zero-order valence-electron chi connectivity index (χ0n) is 13.8. The number of carbonyl (C=O) groups excluding carboxylic acids is 1. The summed E-state index contributed by atoms with van der Waals surface area (Å²) in [5.74, 6) is 0.981. The number of nitrogens with one attached hydrogen (secondary N) is 1. The van der Waals surface area contributed by atoms with E-state index in [-0.39, 0.29) is 11.7 Å². The maximum Gasteiger partial charge on any atom is 0.244 e. The summed E-state index contributed by atoms with van der Waals surface area (Å²) in [6.45, 7) is 7.66. The van der Waals surface area contributed by atoms with Crippen molar-refractivity contribution >= 4 is 5.91 Å². The molecule has 1 N–H and O–H groups in total. The predicted octanol–water partition coefficient (Wildman–Crippen LogP) is 2.05. The fourth-order valence-electron chi connectivity index (χ4n) is 3.47. The largest absolute Gasteiger partial charge is 0.321 e. The summed E-state index contributed by atoms with van der Waals surface area (Å²) in [6, 6.07) is 0.335. The molecule has 2 atom stereocenters. The van der Waals surface area contributed by atoms with E-state index in [0.717, 1.165) is 38.6 Å². The highest BCUT2D eigenvalue weighted by Gasteiger charge is 2.59. The van der Waals surface area contributed by atoms with Crippen LogP contribution in [0.4, 0.5) is 0 Å². The van der Waals surface area contributed by atoms with Crippen LogP contribution >= 0.6 is 0 Å². The van der Waals surface area contributed by atoms with Gasteiger partial charge in [0, 0.05) is 12.6 Å². The standard InChI is InChI=1S/C16H31N3O/c1-6-7-14-17-16(8-9-16)15(20)19(14)13(10-12(2)3)11-18(4)5/h12-14,17H,6-11H2,1-5H3. The highest BCUT2D eigenvalue weighted by atomic mass is 16.2. The van der Waals surface area contributed by atoms with Crippen molar-refractivity contribution in [1.29, 1.82) is 0 Å². The lowest BCUT2D eigenvalue weighted by Crippen LogP contribution is -2.49. The SMILES string of the molecule is CCCC1NC2(CC2)C(=O)N1C(CC(C)C)CN(C)C. The number of likely N-dealkylation sites (N-methyl/N-ethyl adjacent to an activating group) is 1. The average molecular weight is 281 g/mol. The quantitative estimate of drug-likeness (QED) is 0.776. The first kappa shape index (κ1) is 15.8. The van der Waals surface area contributed by atoms with E-state index in [9.17, 15) is 4.79 Å². The Kier molecular flexibility index (Phi) is 4.75. The fraction of sp³-hybridized carbons (Fsp3) is 0.938. The van der Waals surface area contributed by atoms with Crippen molar-refractivity contribution in [2.45, 2.75) is 70.6 Å². The van der Waals surface area contributed by atoms with Gasteiger partial charge in [-0.15, -0.1) is 0 Å². The Morgan fingerprint density at radius 3 is 2.50 bits per heavy atom. The third-order valence-corrected chi connectivity index (χ3v) is 4.45. The molecule has 1 aliphatic carbocycles. The second-order valence-electron chi connectivity index (χ2n) is 7.29. The summed E-state index contributed by atoms with van der Waals surface area (Å²) < 4.78 is 0. The van der Waals surface area contributed by atoms with Crippen molar-refractivity contribution in [3.8, 4) is 0 Å². The molecule has 1 heterocycles. The van der Waals surface area contributed by atoms with Gasteiger partial charge in [-0.3, -0.25) is 10.1 Å². The van der Waals surface area contributed by atoms with Gasteiger partial charge < -0.3 is 9.80 Å².